The summed E-state index contributed by atoms with van der Waals surface area (Å²) in [5.41, 5.74) is 3.42. The van der Waals surface area contributed by atoms with Crippen LogP contribution in [-0.4, -0.2) is 48.9 Å². The van der Waals surface area contributed by atoms with E-state index >= 15 is 0 Å². The summed E-state index contributed by atoms with van der Waals surface area (Å²) < 4.78 is 11.9. The Kier molecular flexibility index (Phi) is 6.37. The van der Waals surface area contributed by atoms with Crippen molar-refractivity contribution in [1.82, 2.24) is 5.06 Å². The lowest BCUT2D eigenvalue weighted by Gasteiger charge is -2.42. The summed E-state index contributed by atoms with van der Waals surface area (Å²) in [6.45, 7) is 0.773. The van der Waals surface area contributed by atoms with Gasteiger partial charge in [0.25, 0.3) is 0 Å². The quantitative estimate of drug-likeness (QED) is 0.526. The lowest BCUT2D eigenvalue weighted by molar-refractivity contribution is -0.0967. The van der Waals surface area contributed by atoms with Crippen LogP contribution in [-0.2, 0) is 16.0 Å². The second kappa shape index (κ2) is 9.53. The van der Waals surface area contributed by atoms with Crippen LogP contribution in [0.25, 0.3) is 0 Å². The molecular formula is C30H39NO5. The molecule has 6 rings (SSSR count). The highest BCUT2D eigenvalue weighted by Crippen LogP contribution is 2.59. The second-order valence-electron chi connectivity index (χ2n) is 11.6. The number of benzene rings is 1. The van der Waals surface area contributed by atoms with Crippen molar-refractivity contribution in [2.75, 3.05) is 20.8 Å². The fraction of sp³-hybridized carbons (Fsp3) is 0.633. The van der Waals surface area contributed by atoms with Gasteiger partial charge in [0.2, 0.25) is 0 Å². The molecule has 3 aliphatic carbocycles. The maximum atomic E-state index is 12.9. The number of aliphatic hydroxyl groups excluding tert-OH is 1. The van der Waals surface area contributed by atoms with E-state index in [0.29, 0.717) is 18.1 Å². The average Bonchev–Trinajstić information content (AvgIpc) is 3.31. The number of aliphatic hydroxyl groups is 1. The number of fused-ring (bicyclic) bond motifs is 1. The monoisotopic (exact) mass is 493 g/mol. The van der Waals surface area contributed by atoms with Gasteiger partial charge in [-0.25, -0.2) is 0 Å². The Balaban J connectivity index is 1.09. The minimum atomic E-state index is -0.330. The number of carbonyl (C=O) groups excluding carboxylic acids is 1. The molecule has 0 saturated heterocycles. The Labute approximate surface area is 214 Å². The number of ether oxygens (including phenoxy) is 2. The molecule has 6 heteroatoms. The first-order chi connectivity index (χ1) is 17.5. The van der Waals surface area contributed by atoms with Gasteiger partial charge in [-0.2, -0.15) is 0 Å². The Hall–Kier alpha value is -2.31. The van der Waals surface area contributed by atoms with E-state index < -0.39 is 0 Å². The van der Waals surface area contributed by atoms with Crippen LogP contribution in [0.4, 0.5) is 0 Å². The van der Waals surface area contributed by atoms with Gasteiger partial charge in [-0.05, 0) is 73.8 Å². The summed E-state index contributed by atoms with van der Waals surface area (Å²) in [6.07, 6.45) is 14.4. The van der Waals surface area contributed by atoms with Gasteiger partial charge in [0, 0.05) is 30.0 Å². The fourth-order valence-corrected chi connectivity index (χ4v) is 7.86. The van der Waals surface area contributed by atoms with Crippen LogP contribution in [0.15, 0.2) is 41.8 Å². The molecule has 6 nitrogen and oxygen atoms in total. The smallest absolute Gasteiger partial charge is 0.166 e. The first-order valence-corrected chi connectivity index (χ1v) is 13.8. The third-order valence-electron chi connectivity index (χ3n) is 9.51. The minimum absolute atomic E-state index is 0.0571. The number of hydrogen-bond donors (Lipinski definition) is 1. The van der Waals surface area contributed by atoms with Crippen LogP contribution in [0.2, 0.25) is 0 Å². The number of hydroxylamine groups is 2. The van der Waals surface area contributed by atoms with Crippen molar-refractivity contribution in [1.29, 1.82) is 0 Å². The van der Waals surface area contributed by atoms with E-state index in [1.54, 1.807) is 14.2 Å². The molecule has 1 N–H and O–H groups in total. The van der Waals surface area contributed by atoms with Crippen molar-refractivity contribution in [3.63, 3.8) is 0 Å². The zero-order valence-corrected chi connectivity index (χ0v) is 21.6. The third-order valence-corrected chi connectivity index (χ3v) is 9.51. The Morgan fingerprint density at radius 2 is 2.03 bits per heavy atom. The summed E-state index contributed by atoms with van der Waals surface area (Å²) >= 11 is 0. The SMILES string of the molecule is COc1ccc2c(c1)CC(CCCCC1CC[C@@H]3OC4=C5[C@H](C[C@@H](O)C4)CN(OC)C=CC53C1)C2=O. The maximum Gasteiger partial charge on any atom is 0.166 e. The maximum absolute atomic E-state index is 12.9. The van der Waals surface area contributed by atoms with Crippen LogP contribution >= 0.6 is 0 Å². The fourth-order valence-electron chi connectivity index (χ4n) is 7.86. The lowest BCUT2D eigenvalue weighted by atomic mass is 9.60. The van der Waals surface area contributed by atoms with Gasteiger partial charge in [0.05, 0.1) is 38.0 Å². The average molecular weight is 494 g/mol. The van der Waals surface area contributed by atoms with Gasteiger partial charge in [-0.15, -0.1) is 0 Å². The Morgan fingerprint density at radius 1 is 1.17 bits per heavy atom. The Morgan fingerprint density at radius 3 is 2.86 bits per heavy atom. The van der Waals surface area contributed by atoms with E-state index in [1.807, 2.05) is 23.3 Å². The molecule has 0 bridgehead atoms. The number of carbonyl (C=O) groups is 1. The zero-order valence-electron chi connectivity index (χ0n) is 21.6. The molecule has 1 aromatic rings. The topological polar surface area (TPSA) is 68.2 Å². The molecule has 3 unspecified atom stereocenters. The first kappa shape index (κ1) is 24.1. The van der Waals surface area contributed by atoms with Crippen molar-refractivity contribution in [3.8, 4) is 5.75 Å². The minimum Gasteiger partial charge on any atom is -0.497 e. The molecule has 36 heavy (non-hydrogen) atoms. The van der Waals surface area contributed by atoms with E-state index in [2.05, 4.69) is 12.3 Å². The largest absolute Gasteiger partial charge is 0.497 e. The molecule has 5 aliphatic rings. The zero-order chi connectivity index (χ0) is 24.9. The molecule has 1 aromatic carbocycles. The number of unbranched alkanes of at least 4 members (excludes halogenated alkanes) is 1. The van der Waals surface area contributed by atoms with Crippen molar-refractivity contribution >= 4 is 5.78 Å². The van der Waals surface area contributed by atoms with Gasteiger partial charge >= 0.3 is 0 Å². The number of methoxy groups -OCH3 is 1. The van der Waals surface area contributed by atoms with E-state index in [1.165, 1.54) is 18.4 Å². The van der Waals surface area contributed by atoms with Crippen LogP contribution in [0.1, 0.15) is 73.7 Å². The molecule has 1 fully saturated rings. The second-order valence-corrected chi connectivity index (χ2v) is 11.6. The standard InChI is InChI=1S/C30H39NO5/c1-34-24-8-9-25-21(15-24)13-20(29(25)33)6-4-3-5-19-7-10-27-30(17-19)11-12-31(35-2)18-22-14-23(32)16-26(36-27)28(22)30/h8-9,11-12,15,19-20,22-23,27,32H,3-7,10,13-14,16-18H2,1-2H3/t19?,20?,22-,23-,27+,30?/m1/s1. The lowest BCUT2D eigenvalue weighted by Crippen LogP contribution is -2.41. The number of rotatable bonds is 7. The highest BCUT2D eigenvalue weighted by Gasteiger charge is 2.56. The van der Waals surface area contributed by atoms with E-state index in [0.717, 1.165) is 74.1 Å². The highest BCUT2D eigenvalue weighted by molar-refractivity contribution is 6.02. The van der Waals surface area contributed by atoms with Crippen molar-refractivity contribution in [3.05, 3.63) is 52.9 Å². The molecule has 0 amide bonds. The van der Waals surface area contributed by atoms with Crippen LogP contribution < -0.4 is 4.74 Å². The number of ketones is 1. The van der Waals surface area contributed by atoms with Gasteiger partial charge in [-0.3, -0.25) is 14.7 Å². The Bertz CT molecular complexity index is 1080. The summed E-state index contributed by atoms with van der Waals surface area (Å²) in [7, 11) is 3.40. The first-order valence-electron chi connectivity index (χ1n) is 13.8. The number of nitrogens with zero attached hydrogens (tertiary/aromatic N) is 1. The summed E-state index contributed by atoms with van der Waals surface area (Å²) in [4.78, 5) is 18.5. The molecule has 194 valence electrons. The number of Topliss-reactive ketones (excluding diaryl/α,β-unsaturated/α-hetero) is 1. The third kappa shape index (κ3) is 4.06. The van der Waals surface area contributed by atoms with Crippen LogP contribution in [0, 0.1) is 23.2 Å². The van der Waals surface area contributed by atoms with Crippen molar-refractivity contribution in [2.24, 2.45) is 23.2 Å². The molecule has 0 aromatic heterocycles. The van der Waals surface area contributed by atoms with Gasteiger partial charge < -0.3 is 14.6 Å². The van der Waals surface area contributed by atoms with E-state index in [-0.39, 0.29) is 29.5 Å². The summed E-state index contributed by atoms with van der Waals surface area (Å²) in [5.74, 6) is 3.26. The van der Waals surface area contributed by atoms with Crippen LogP contribution in [0.5, 0.6) is 5.75 Å². The summed E-state index contributed by atoms with van der Waals surface area (Å²) in [6, 6.07) is 5.86. The molecule has 1 spiro atoms. The molecule has 2 aliphatic heterocycles. The van der Waals surface area contributed by atoms with E-state index in [9.17, 15) is 9.90 Å². The molecule has 0 radical (unpaired) electrons. The van der Waals surface area contributed by atoms with Crippen molar-refractivity contribution in [2.45, 2.75) is 76.4 Å². The van der Waals surface area contributed by atoms with Gasteiger partial charge in [0.1, 0.15) is 11.9 Å². The predicted octanol–water partition coefficient (Wildman–Crippen LogP) is 5.21. The normalized spacial score (nSPS) is 34.7. The number of hydrogen-bond acceptors (Lipinski definition) is 6. The molecule has 2 heterocycles. The molecule has 1 saturated carbocycles. The highest BCUT2D eigenvalue weighted by atomic mass is 16.7. The predicted molar refractivity (Wildman–Crippen MR) is 136 cm³/mol. The molecule has 6 atom stereocenters. The van der Waals surface area contributed by atoms with Gasteiger partial charge in [-0.1, -0.05) is 25.3 Å². The van der Waals surface area contributed by atoms with Crippen LogP contribution in [0.3, 0.4) is 0 Å². The van der Waals surface area contributed by atoms with Crippen molar-refractivity contribution < 1.29 is 24.2 Å². The van der Waals surface area contributed by atoms with E-state index in [4.69, 9.17) is 14.3 Å². The molecular weight excluding hydrogens is 454 g/mol. The van der Waals surface area contributed by atoms with Gasteiger partial charge in [0.15, 0.2) is 5.78 Å². The summed E-state index contributed by atoms with van der Waals surface area (Å²) in [5, 5.41) is 12.4.